The number of imide groups is 1. The molecule has 4 heteroatoms. The molecule has 0 radical (unpaired) electrons. The number of carbonyl (C=O) groups is 2. The van der Waals surface area contributed by atoms with Crippen LogP contribution in [0.1, 0.15) is 52.8 Å². The molecule has 1 aromatic rings. The summed E-state index contributed by atoms with van der Waals surface area (Å²) in [5, 5.41) is 0. The lowest BCUT2D eigenvalue weighted by Crippen LogP contribution is -2.55. The first-order valence-corrected chi connectivity index (χ1v) is 6.81. The van der Waals surface area contributed by atoms with Crippen molar-refractivity contribution in [1.29, 1.82) is 0 Å². The molecule has 3 rings (SSSR count). The van der Waals surface area contributed by atoms with Crippen molar-refractivity contribution in [2.24, 2.45) is 0 Å². The van der Waals surface area contributed by atoms with Gasteiger partial charge in [0, 0.05) is 0 Å². The summed E-state index contributed by atoms with van der Waals surface area (Å²) in [4.78, 5) is 25.0. The first-order valence-electron chi connectivity index (χ1n) is 6.44. The van der Waals surface area contributed by atoms with E-state index in [2.05, 4.69) is 0 Å². The average Bonchev–Trinajstić information content (AvgIpc) is 2.64. The Balaban J connectivity index is 2.04. The third kappa shape index (κ3) is 1.49. The fraction of sp³-hybridized carbons (Fsp3) is 0.429. The summed E-state index contributed by atoms with van der Waals surface area (Å²) in [6.45, 7) is 0. The lowest BCUT2D eigenvalue weighted by Gasteiger charge is -2.43. The molecule has 2 aliphatic rings. The van der Waals surface area contributed by atoms with Crippen LogP contribution in [0.5, 0.6) is 0 Å². The van der Waals surface area contributed by atoms with Crippen molar-refractivity contribution in [2.45, 2.75) is 38.1 Å². The predicted octanol–water partition coefficient (Wildman–Crippen LogP) is 2.59. The van der Waals surface area contributed by atoms with Gasteiger partial charge in [-0.1, -0.05) is 18.6 Å². The van der Waals surface area contributed by atoms with Crippen molar-refractivity contribution in [3.63, 3.8) is 0 Å². The quantitative estimate of drug-likeness (QED) is 0.443. The zero-order valence-electron chi connectivity index (χ0n) is 10.1. The summed E-state index contributed by atoms with van der Waals surface area (Å²) in [5.74, 6) is -0.394. The molecule has 2 amide bonds. The van der Waals surface area contributed by atoms with Crippen LogP contribution in [0.2, 0.25) is 0 Å². The van der Waals surface area contributed by atoms with E-state index in [1.165, 1.54) is 6.42 Å². The van der Waals surface area contributed by atoms with Gasteiger partial charge in [0.2, 0.25) is 0 Å². The number of rotatable bonds is 1. The molecule has 0 N–H and O–H groups in total. The summed E-state index contributed by atoms with van der Waals surface area (Å²) in [5.41, 5.74) is 1.01. The van der Waals surface area contributed by atoms with Gasteiger partial charge < -0.3 is 12.8 Å². The first-order chi connectivity index (χ1) is 8.65. The van der Waals surface area contributed by atoms with Gasteiger partial charge in [-0.3, -0.25) is 3.89 Å². The first kappa shape index (κ1) is 11.9. The Bertz CT molecular complexity index is 485. The number of hydrogen-bond acceptors (Lipinski definition) is 3. The van der Waals surface area contributed by atoms with Crippen LogP contribution < -0.4 is 0 Å². The Kier molecular flexibility index (Phi) is 2.79. The van der Waals surface area contributed by atoms with E-state index in [1.54, 1.807) is 24.3 Å². The Morgan fingerprint density at radius 1 is 0.944 bits per heavy atom. The minimum Gasteiger partial charge on any atom is -0.475 e. The van der Waals surface area contributed by atoms with Crippen LogP contribution in [0, 0.1) is 0 Å². The summed E-state index contributed by atoms with van der Waals surface area (Å²) < 4.78 is -0.445. The number of fused-ring (bicyclic) bond motifs is 1. The fourth-order valence-electron chi connectivity index (χ4n) is 3.08. The molecule has 0 saturated heterocycles. The normalized spacial score (nSPS) is 23.2. The Morgan fingerprint density at radius 2 is 1.44 bits per heavy atom. The summed E-state index contributed by atoms with van der Waals surface area (Å²) in [6, 6.07) is 6.99. The maximum Gasteiger partial charge on any atom is 0.336 e. The van der Waals surface area contributed by atoms with E-state index in [4.69, 9.17) is 12.8 Å². The molecule has 0 atom stereocenters. The van der Waals surface area contributed by atoms with Gasteiger partial charge in [-0.25, -0.2) is 9.59 Å². The van der Waals surface area contributed by atoms with Gasteiger partial charge in [0.25, 0.3) is 0 Å². The Morgan fingerprint density at radius 3 is 1.94 bits per heavy atom. The minimum absolute atomic E-state index is 0.0128. The molecule has 0 unspecified atom stereocenters. The summed E-state index contributed by atoms with van der Waals surface area (Å²) in [6.07, 6.45) is 5.08. The average molecular weight is 261 g/mol. The van der Waals surface area contributed by atoms with E-state index >= 15 is 0 Å². The van der Waals surface area contributed by atoms with Gasteiger partial charge in [-0.2, -0.15) is 0 Å². The van der Waals surface area contributed by atoms with Crippen molar-refractivity contribution < 1.29 is 13.5 Å². The molecule has 0 aromatic heterocycles. The number of amides is 2. The van der Waals surface area contributed by atoms with Gasteiger partial charge >= 0.3 is 11.8 Å². The highest BCUT2D eigenvalue weighted by Crippen LogP contribution is 2.36. The van der Waals surface area contributed by atoms with Gasteiger partial charge in [0.05, 0.1) is 17.2 Å². The number of nitrogens with zero attached hydrogens (tertiary/aromatic N) is 1. The number of hydrogen-bond donors (Lipinski definition) is 0. The van der Waals surface area contributed by atoms with Crippen LogP contribution in [-0.4, -0.2) is 21.7 Å². The third-order valence-electron chi connectivity index (χ3n) is 4.08. The Labute approximate surface area is 112 Å². The standard InChI is InChI=1S/C14H15NO2S/c16-13-11-8-4-5-9-12(11)14(17)15(13,18)10-6-2-1-3-7-10/h4-5,8-10H,1-3,6-7H2. The topological polar surface area (TPSA) is 34.1 Å². The molecule has 1 aliphatic heterocycles. The molecule has 1 heterocycles. The largest absolute Gasteiger partial charge is 0.475 e. The second kappa shape index (κ2) is 4.21. The molecule has 94 valence electrons. The fourth-order valence-corrected chi connectivity index (χ4v) is 3.49. The lowest BCUT2D eigenvalue weighted by atomic mass is 9.94. The number of carbonyl (C=O) groups excluding carboxylic acids is 2. The highest BCUT2D eigenvalue weighted by molar-refractivity contribution is 7.53. The van der Waals surface area contributed by atoms with Crippen LogP contribution >= 0.6 is 0 Å². The van der Waals surface area contributed by atoms with Crippen molar-refractivity contribution >= 4 is 24.6 Å². The summed E-state index contributed by atoms with van der Waals surface area (Å²) >= 11 is 5.48. The van der Waals surface area contributed by atoms with Crippen LogP contribution in [0.25, 0.3) is 0 Å². The van der Waals surface area contributed by atoms with E-state index in [0.29, 0.717) is 11.1 Å². The number of quaternary nitrogens is 1. The van der Waals surface area contributed by atoms with E-state index in [-0.39, 0.29) is 17.9 Å². The molecular formula is C14H15NO2S. The van der Waals surface area contributed by atoms with Gasteiger partial charge in [-0.15, -0.1) is 0 Å². The van der Waals surface area contributed by atoms with Gasteiger partial charge in [0.15, 0.2) is 0 Å². The highest BCUT2D eigenvalue weighted by Gasteiger charge is 2.49. The molecule has 3 nitrogen and oxygen atoms in total. The van der Waals surface area contributed by atoms with Crippen LogP contribution in [0.15, 0.2) is 24.3 Å². The maximum absolute atomic E-state index is 12.5. The van der Waals surface area contributed by atoms with Crippen LogP contribution in [0.3, 0.4) is 0 Å². The van der Waals surface area contributed by atoms with E-state index in [1.807, 2.05) is 0 Å². The molecule has 0 bridgehead atoms. The molecule has 1 fully saturated rings. The number of benzene rings is 1. The zero-order valence-corrected chi connectivity index (χ0v) is 10.9. The SMILES string of the molecule is O=C1c2ccccc2C(=O)[N+]1([S-])C1CCCCC1. The summed E-state index contributed by atoms with van der Waals surface area (Å²) in [7, 11) is 0. The maximum atomic E-state index is 12.5. The monoisotopic (exact) mass is 261 g/mol. The van der Waals surface area contributed by atoms with Gasteiger partial charge in [0.1, 0.15) is 0 Å². The van der Waals surface area contributed by atoms with Crippen LogP contribution in [0.4, 0.5) is 0 Å². The molecule has 0 spiro atoms. The molecule has 1 aliphatic carbocycles. The highest BCUT2D eigenvalue weighted by atomic mass is 32.1. The third-order valence-corrected chi connectivity index (χ3v) is 4.71. The predicted molar refractivity (Wildman–Crippen MR) is 69.6 cm³/mol. The Hall–Kier alpha value is -1.13. The van der Waals surface area contributed by atoms with E-state index in [9.17, 15) is 9.59 Å². The van der Waals surface area contributed by atoms with E-state index in [0.717, 1.165) is 25.7 Å². The molecule has 18 heavy (non-hydrogen) atoms. The van der Waals surface area contributed by atoms with Gasteiger partial charge in [-0.05, 0) is 37.8 Å². The van der Waals surface area contributed by atoms with Crippen molar-refractivity contribution in [3.05, 3.63) is 35.4 Å². The molecular weight excluding hydrogens is 246 g/mol. The minimum atomic E-state index is -0.445. The second-order valence-electron chi connectivity index (χ2n) is 5.11. The second-order valence-corrected chi connectivity index (χ2v) is 5.68. The van der Waals surface area contributed by atoms with Crippen molar-refractivity contribution in [1.82, 2.24) is 0 Å². The molecule has 1 saturated carbocycles. The van der Waals surface area contributed by atoms with E-state index < -0.39 is 3.89 Å². The van der Waals surface area contributed by atoms with Crippen molar-refractivity contribution in [2.75, 3.05) is 0 Å². The molecule has 1 aromatic carbocycles. The van der Waals surface area contributed by atoms with Crippen molar-refractivity contribution in [3.8, 4) is 0 Å². The zero-order chi connectivity index (χ0) is 12.8. The smallest absolute Gasteiger partial charge is 0.336 e. The lowest BCUT2D eigenvalue weighted by molar-refractivity contribution is -0.650. The van der Waals surface area contributed by atoms with Crippen LogP contribution in [-0.2, 0) is 12.8 Å².